The Kier molecular flexibility index (Phi) is 3.22. The van der Waals surface area contributed by atoms with Crippen molar-refractivity contribution in [1.82, 2.24) is 5.06 Å². The van der Waals surface area contributed by atoms with Crippen LogP contribution in [0.15, 0.2) is 29.6 Å². The second-order valence-electron chi connectivity index (χ2n) is 3.54. The van der Waals surface area contributed by atoms with E-state index in [-0.39, 0.29) is 5.91 Å². The molecule has 0 radical (unpaired) electrons. The molecule has 2 aromatic rings. The molecular weight excluding hydrogens is 222 g/mol. The normalized spacial score (nSPS) is 10.6. The summed E-state index contributed by atoms with van der Waals surface area (Å²) in [6.07, 6.45) is 0.373. The van der Waals surface area contributed by atoms with Gasteiger partial charge >= 0.3 is 0 Å². The van der Waals surface area contributed by atoms with Crippen molar-refractivity contribution in [3.05, 3.63) is 35.2 Å². The zero-order valence-electron chi connectivity index (χ0n) is 9.27. The summed E-state index contributed by atoms with van der Waals surface area (Å²) < 4.78 is 1.21. The van der Waals surface area contributed by atoms with Crippen LogP contribution in [-0.4, -0.2) is 25.1 Å². The number of hydrogen-bond donors (Lipinski definition) is 0. The average Bonchev–Trinajstić information content (AvgIpc) is 2.75. The quantitative estimate of drug-likeness (QED) is 0.765. The van der Waals surface area contributed by atoms with E-state index in [0.29, 0.717) is 6.42 Å². The fraction of sp³-hybridized carbons (Fsp3) is 0.250. The molecule has 0 fully saturated rings. The first kappa shape index (κ1) is 11.1. The van der Waals surface area contributed by atoms with Crippen LogP contribution in [-0.2, 0) is 16.1 Å². The molecule has 0 atom stereocenters. The monoisotopic (exact) mass is 235 g/mol. The Hall–Kier alpha value is -1.39. The fourth-order valence-electron chi connectivity index (χ4n) is 1.50. The van der Waals surface area contributed by atoms with Crippen LogP contribution in [0, 0.1) is 0 Å². The van der Waals surface area contributed by atoms with E-state index in [0.717, 1.165) is 5.56 Å². The van der Waals surface area contributed by atoms with Gasteiger partial charge in [0.1, 0.15) is 0 Å². The average molecular weight is 235 g/mol. The van der Waals surface area contributed by atoms with Gasteiger partial charge in [-0.2, -0.15) is 0 Å². The SMILES string of the molecule is CON(C)C(=O)Cc1ccc2ccsc2c1. The van der Waals surface area contributed by atoms with Gasteiger partial charge in [0.2, 0.25) is 5.91 Å². The molecule has 0 bridgehead atoms. The predicted molar refractivity (Wildman–Crippen MR) is 65.3 cm³/mol. The second kappa shape index (κ2) is 4.63. The Balaban J connectivity index is 2.17. The summed E-state index contributed by atoms with van der Waals surface area (Å²) in [6, 6.07) is 8.16. The van der Waals surface area contributed by atoms with Crippen LogP contribution >= 0.6 is 11.3 Å². The number of hydrogen-bond acceptors (Lipinski definition) is 3. The molecule has 1 heterocycles. The molecule has 0 saturated carbocycles. The van der Waals surface area contributed by atoms with Crippen LogP contribution in [0.25, 0.3) is 10.1 Å². The van der Waals surface area contributed by atoms with Crippen molar-refractivity contribution in [2.24, 2.45) is 0 Å². The van der Waals surface area contributed by atoms with Crippen molar-refractivity contribution in [2.75, 3.05) is 14.2 Å². The first-order valence-corrected chi connectivity index (χ1v) is 5.85. The van der Waals surface area contributed by atoms with E-state index in [4.69, 9.17) is 4.84 Å². The van der Waals surface area contributed by atoms with Gasteiger partial charge in [0.15, 0.2) is 0 Å². The van der Waals surface area contributed by atoms with Gasteiger partial charge in [-0.05, 0) is 28.5 Å². The van der Waals surface area contributed by atoms with E-state index >= 15 is 0 Å². The third-order valence-electron chi connectivity index (χ3n) is 2.50. The van der Waals surface area contributed by atoms with Crippen molar-refractivity contribution in [3.63, 3.8) is 0 Å². The molecular formula is C12H13NO2S. The molecule has 0 saturated heterocycles. The largest absolute Gasteiger partial charge is 0.275 e. The lowest BCUT2D eigenvalue weighted by molar-refractivity contribution is -0.167. The molecule has 4 heteroatoms. The summed E-state index contributed by atoms with van der Waals surface area (Å²) in [5.74, 6) is -0.0431. The van der Waals surface area contributed by atoms with Crippen molar-refractivity contribution >= 4 is 27.3 Å². The van der Waals surface area contributed by atoms with Gasteiger partial charge in [0.05, 0.1) is 13.5 Å². The van der Waals surface area contributed by atoms with Gasteiger partial charge in [-0.1, -0.05) is 12.1 Å². The molecule has 1 aromatic heterocycles. The van der Waals surface area contributed by atoms with Crippen LogP contribution in [0.4, 0.5) is 0 Å². The number of hydroxylamine groups is 2. The number of nitrogens with zero attached hydrogens (tertiary/aromatic N) is 1. The lowest BCUT2D eigenvalue weighted by Crippen LogP contribution is -2.26. The Labute approximate surface area is 98.2 Å². The van der Waals surface area contributed by atoms with Gasteiger partial charge in [-0.15, -0.1) is 11.3 Å². The summed E-state index contributed by atoms with van der Waals surface area (Å²) in [5.41, 5.74) is 1.02. The summed E-state index contributed by atoms with van der Waals surface area (Å²) in [7, 11) is 3.10. The van der Waals surface area contributed by atoms with Crippen LogP contribution in [0.2, 0.25) is 0 Å². The highest BCUT2D eigenvalue weighted by atomic mass is 32.1. The minimum absolute atomic E-state index is 0.0431. The summed E-state index contributed by atoms with van der Waals surface area (Å²) >= 11 is 1.69. The maximum Gasteiger partial charge on any atom is 0.250 e. The Bertz CT molecular complexity index is 506. The number of benzene rings is 1. The molecule has 0 aliphatic carbocycles. The number of carbonyl (C=O) groups is 1. The van der Waals surface area contributed by atoms with Crippen LogP contribution in [0.5, 0.6) is 0 Å². The highest BCUT2D eigenvalue weighted by Crippen LogP contribution is 2.22. The van der Waals surface area contributed by atoms with E-state index in [9.17, 15) is 4.79 Å². The van der Waals surface area contributed by atoms with Crippen molar-refractivity contribution in [1.29, 1.82) is 0 Å². The summed E-state index contributed by atoms with van der Waals surface area (Å²) in [4.78, 5) is 16.5. The maximum atomic E-state index is 11.6. The van der Waals surface area contributed by atoms with E-state index < -0.39 is 0 Å². The van der Waals surface area contributed by atoms with E-state index in [1.54, 1.807) is 18.4 Å². The Morgan fingerprint density at radius 2 is 2.25 bits per heavy atom. The first-order valence-electron chi connectivity index (χ1n) is 4.97. The van der Waals surface area contributed by atoms with Crippen LogP contribution in [0.3, 0.4) is 0 Å². The minimum Gasteiger partial charge on any atom is -0.275 e. The lowest BCUT2D eigenvalue weighted by Gasteiger charge is -2.13. The molecule has 1 amide bonds. The third kappa shape index (κ3) is 2.23. The van der Waals surface area contributed by atoms with Crippen molar-refractivity contribution in [3.8, 4) is 0 Å². The molecule has 2 rings (SSSR count). The van der Waals surface area contributed by atoms with Gasteiger partial charge in [-0.3, -0.25) is 9.63 Å². The Morgan fingerprint density at radius 3 is 3.00 bits per heavy atom. The molecule has 16 heavy (non-hydrogen) atoms. The Morgan fingerprint density at radius 1 is 1.44 bits per heavy atom. The highest BCUT2D eigenvalue weighted by Gasteiger charge is 2.09. The van der Waals surface area contributed by atoms with Crippen LogP contribution in [0.1, 0.15) is 5.56 Å². The molecule has 0 N–H and O–H groups in total. The van der Waals surface area contributed by atoms with Gasteiger partial charge in [0, 0.05) is 11.7 Å². The van der Waals surface area contributed by atoms with Crippen LogP contribution < -0.4 is 0 Å². The lowest BCUT2D eigenvalue weighted by atomic mass is 10.1. The molecule has 1 aromatic carbocycles. The number of thiophene rings is 1. The number of amides is 1. The summed E-state index contributed by atoms with van der Waals surface area (Å²) in [6.45, 7) is 0. The number of fused-ring (bicyclic) bond motifs is 1. The summed E-state index contributed by atoms with van der Waals surface area (Å²) in [5, 5.41) is 4.53. The fourth-order valence-corrected chi connectivity index (χ4v) is 2.35. The molecule has 0 aliphatic heterocycles. The van der Waals surface area contributed by atoms with E-state index in [1.165, 1.54) is 22.3 Å². The topological polar surface area (TPSA) is 29.5 Å². The van der Waals surface area contributed by atoms with E-state index in [1.807, 2.05) is 12.1 Å². The second-order valence-corrected chi connectivity index (χ2v) is 4.49. The van der Waals surface area contributed by atoms with Gasteiger partial charge < -0.3 is 0 Å². The molecule has 0 aliphatic rings. The van der Waals surface area contributed by atoms with E-state index in [2.05, 4.69) is 17.5 Å². The number of likely N-dealkylation sites (N-methyl/N-ethyl adjacent to an activating group) is 1. The van der Waals surface area contributed by atoms with Gasteiger partial charge in [0.25, 0.3) is 0 Å². The zero-order valence-corrected chi connectivity index (χ0v) is 10.1. The molecule has 3 nitrogen and oxygen atoms in total. The number of carbonyl (C=O) groups excluding carboxylic acids is 1. The molecule has 84 valence electrons. The van der Waals surface area contributed by atoms with Crippen molar-refractivity contribution < 1.29 is 9.63 Å². The smallest absolute Gasteiger partial charge is 0.250 e. The third-order valence-corrected chi connectivity index (χ3v) is 3.38. The molecule has 0 unspecified atom stereocenters. The maximum absolute atomic E-state index is 11.6. The van der Waals surface area contributed by atoms with Crippen molar-refractivity contribution in [2.45, 2.75) is 6.42 Å². The number of rotatable bonds is 3. The zero-order chi connectivity index (χ0) is 11.5. The highest BCUT2D eigenvalue weighted by molar-refractivity contribution is 7.17. The van der Waals surface area contributed by atoms with Gasteiger partial charge in [-0.25, -0.2) is 5.06 Å². The molecule has 0 spiro atoms. The first-order chi connectivity index (χ1) is 7.70. The minimum atomic E-state index is -0.0431. The standard InChI is InChI=1S/C12H13NO2S/c1-13(15-2)12(14)8-9-3-4-10-5-6-16-11(10)7-9/h3-7H,8H2,1-2H3. The predicted octanol–water partition coefficient (Wildman–Crippen LogP) is 2.46.